The van der Waals surface area contributed by atoms with Crippen LogP contribution in [0, 0.1) is 11.8 Å². The second-order valence-electron chi connectivity index (χ2n) is 6.05. The maximum atomic E-state index is 11.6. The minimum Gasteiger partial charge on any atom is -0.327 e. The molecule has 1 unspecified atom stereocenters. The van der Waals surface area contributed by atoms with E-state index in [0.29, 0.717) is 5.92 Å². The lowest BCUT2D eigenvalue weighted by atomic mass is 9.98. The summed E-state index contributed by atoms with van der Waals surface area (Å²) in [5.41, 5.74) is 8.22. The Morgan fingerprint density at radius 3 is 2.47 bits per heavy atom. The number of carbonyl (C=O) groups is 1. The summed E-state index contributed by atoms with van der Waals surface area (Å²) in [6.07, 6.45) is 4.01. The van der Waals surface area contributed by atoms with E-state index >= 15 is 0 Å². The van der Waals surface area contributed by atoms with E-state index in [-0.39, 0.29) is 17.9 Å². The number of benzene rings is 1. The molecule has 3 nitrogen and oxygen atoms in total. The minimum atomic E-state index is 0.157. The van der Waals surface area contributed by atoms with Crippen molar-refractivity contribution in [1.82, 2.24) is 0 Å². The number of hydrogen-bond donors (Lipinski definition) is 2. The number of amides is 1. The smallest absolute Gasteiger partial charge is 0.227 e. The van der Waals surface area contributed by atoms with E-state index < -0.39 is 0 Å². The third kappa shape index (κ3) is 4.67. The van der Waals surface area contributed by atoms with Crippen molar-refractivity contribution in [3.8, 4) is 0 Å². The van der Waals surface area contributed by atoms with E-state index in [1.165, 1.54) is 5.56 Å². The summed E-state index contributed by atoms with van der Waals surface area (Å²) in [5.74, 6) is 1.04. The predicted molar refractivity (Wildman–Crippen MR) is 78.9 cm³/mol. The minimum absolute atomic E-state index is 0.157. The maximum absolute atomic E-state index is 11.6. The monoisotopic (exact) mass is 260 g/mol. The van der Waals surface area contributed by atoms with Gasteiger partial charge in [0.05, 0.1) is 0 Å². The van der Waals surface area contributed by atoms with Crippen LogP contribution < -0.4 is 11.1 Å². The molecule has 0 saturated heterocycles. The number of rotatable bonds is 6. The fraction of sp³-hybridized carbons (Fsp3) is 0.562. The normalized spacial score (nSPS) is 16.4. The van der Waals surface area contributed by atoms with Crippen molar-refractivity contribution in [2.75, 3.05) is 5.32 Å². The molecule has 0 heterocycles. The van der Waals surface area contributed by atoms with Gasteiger partial charge in [0.2, 0.25) is 5.91 Å². The summed E-state index contributed by atoms with van der Waals surface area (Å²) in [4.78, 5) is 11.6. The molecule has 1 aliphatic carbocycles. The van der Waals surface area contributed by atoms with Crippen LogP contribution >= 0.6 is 0 Å². The summed E-state index contributed by atoms with van der Waals surface area (Å²) in [6, 6.07) is 8.27. The molecule has 3 heteroatoms. The Balaban J connectivity index is 1.85. The van der Waals surface area contributed by atoms with Crippen molar-refractivity contribution >= 4 is 11.6 Å². The predicted octanol–water partition coefficient (Wildman–Crippen LogP) is 2.95. The average molecular weight is 260 g/mol. The molecule has 0 spiro atoms. The second-order valence-corrected chi connectivity index (χ2v) is 6.05. The van der Waals surface area contributed by atoms with Crippen molar-refractivity contribution in [1.29, 1.82) is 0 Å². The highest BCUT2D eigenvalue weighted by molar-refractivity contribution is 5.93. The summed E-state index contributed by atoms with van der Waals surface area (Å²) in [6.45, 7) is 4.38. The van der Waals surface area contributed by atoms with Crippen LogP contribution in [0.15, 0.2) is 24.3 Å². The SMILES string of the molecule is CC(C)CC(N)Cc1ccc(NC(=O)C2CC2)cc1. The van der Waals surface area contributed by atoms with Crippen molar-refractivity contribution in [3.63, 3.8) is 0 Å². The lowest BCUT2D eigenvalue weighted by molar-refractivity contribution is -0.117. The number of anilines is 1. The van der Waals surface area contributed by atoms with Gasteiger partial charge in [-0.1, -0.05) is 26.0 Å². The van der Waals surface area contributed by atoms with Gasteiger partial charge in [-0.2, -0.15) is 0 Å². The van der Waals surface area contributed by atoms with E-state index in [1.54, 1.807) is 0 Å². The molecule has 1 aromatic rings. The Labute approximate surface area is 115 Å². The molecule has 0 aliphatic heterocycles. The molecule has 2 rings (SSSR count). The molecule has 0 bridgehead atoms. The van der Waals surface area contributed by atoms with Crippen LogP contribution in [0.3, 0.4) is 0 Å². The first-order chi connectivity index (χ1) is 9.04. The molecular formula is C16H24N2O. The molecule has 1 atom stereocenters. The fourth-order valence-electron chi connectivity index (χ4n) is 2.31. The van der Waals surface area contributed by atoms with Gasteiger partial charge in [-0.15, -0.1) is 0 Å². The van der Waals surface area contributed by atoms with Gasteiger partial charge >= 0.3 is 0 Å². The number of carbonyl (C=O) groups excluding carboxylic acids is 1. The number of nitrogens with two attached hydrogens (primary N) is 1. The van der Waals surface area contributed by atoms with Gasteiger partial charge in [-0.25, -0.2) is 0 Å². The first kappa shape index (κ1) is 14.1. The fourth-order valence-corrected chi connectivity index (χ4v) is 2.31. The van der Waals surface area contributed by atoms with Crippen molar-refractivity contribution in [2.24, 2.45) is 17.6 Å². The Bertz CT molecular complexity index is 421. The van der Waals surface area contributed by atoms with E-state index in [1.807, 2.05) is 12.1 Å². The Kier molecular flexibility index (Phi) is 4.59. The topological polar surface area (TPSA) is 55.1 Å². The van der Waals surface area contributed by atoms with Crippen LogP contribution in [0.5, 0.6) is 0 Å². The van der Waals surface area contributed by atoms with Gasteiger partial charge in [0.15, 0.2) is 0 Å². The summed E-state index contributed by atoms with van der Waals surface area (Å²) in [5, 5.41) is 2.95. The highest BCUT2D eigenvalue weighted by atomic mass is 16.2. The van der Waals surface area contributed by atoms with Crippen molar-refractivity contribution in [2.45, 2.75) is 45.6 Å². The van der Waals surface area contributed by atoms with Gasteiger partial charge in [-0.05, 0) is 49.3 Å². The largest absolute Gasteiger partial charge is 0.327 e. The molecule has 1 aliphatic rings. The van der Waals surface area contributed by atoms with Crippen LogP contribution in [-0.4, -0.2) is 11.9 Å². The molecule has 0 aromatic heterocycles. The molecule has 104 valence electrons. The molecule has 19 heavy (non-hydrogen) atoms. The summed E-state index contributed by atoms with van der Waals surface area (Å²) < 4.78 is 0. The molecule has 0 radical (unpaired) electrons. The zero-order chi connectivity index (χ0) is 13.8. The zero-order valence-electron chi connectivity index (χ0n) is 11.9. The molecule has 3 N–H and O–H groups in total. The van der Waals surface area contributed by atoms with Crippen LogP contribution in [0.2, 0.25) is 0 Å². The molecule has 1 amide bonds. The van der Waals surface area contributed by atoms with Gasteiger partial charge in [-0.3, -0.25) is 4.79 Å². The van der Waals surface area contributed by atoms with Crippen LogP contribution in [0.25, 0.3) is 0 Å². The first-order valence-corrected chi connectivity index (χ1v) is 7.20. The number of hydrogen-bond acceptors (Lipinski definition) is 2. The van der Waals surface area contributed by atoms with Gasteiger partial charge in [0.25, 0.3) is 0 Å². The van der Waals surface area contributed by atoms with Gasteiger partial charge < -0.3 is 11.1 Å². The van der Waals surface area contributed by atoms with Crippen LogP contribution in [0.4, 0.5) is 5.69 Å². The highest BCUT2D eigenvalue weighted by Gasteiger charge is 2.29. The molecule has 1 aromatic carbocycles. The van der Waals surface area contributed by atoms with Gasteiger partial charge in [0.1, 0.15) is 0 Å². The van der Waals surface area contributed by atoms with Crippen molar-refractivity contribution in [3.05, 3.63) is 29.8 Å². The third-order valence-electron chi connectivity index (χ3n) is 3.44. The van der Waals surface area contributed by atoms with E-state index in [0.717, 1.165) is 31.4 Å². The first-order valence-electron chi connectivity index (χ1n) is 7.20. The Morgan fingerprint density at radius 1 is 1.32 bits per heavy atom. The van der Waals surface area contributed by atoms with Crippen LogP contribution in [0.1, 0.15) is 38.7 Å². The zero-order valence-corrected chi connectivity index (χ0v) is 11.9. The van der Waals surface area contributed by atoms with Crippen LogP contribution in [-0.2, 0) is 11.2 Å². The summed E-state index contributed by atoms with van der Waals surface area (Å²) >= 11 is 0. The lowest BCUT2D eigenvalue weighted by Gasteiger charge is -2.14. The third-order valence-corrected chi connectivity index (χ3v) is 3.44. The molecule has 1 fully saturated rings. The standard InChI is InChI=1S/C16H24N2O/c1-11(2)9-14(17)10-12-3-7-15(8-4-12)18-16(19)13-5-6-13/h3-4,7-8,11,13-14H,5-6,9-10,17H2,1-2H3,(H,18,19). The molecule has 1 saturated carbocycles. The van der Waals surface area contributed by atoms with E-state index in [2.05, 4.69) is 31.3 Å². The quantitative estimate of drug-likeness (QED) is 0.826. The number of nitrogens with one attached hydrogen (secondary N) is 1. The highest BCUT2D eigenvalue weighted by Crippen LogP contribution is 2.30. The Morgan fingerprint density at radius 2 is 1.95 bits per heavy atom. The lowest BCUT2D eigenvalue weighted by Crippen LogP contribution is -2.24. The van der Waals surface area contributed by atoms with Gasteiger partial charge in [0, 0.05) is 17.6 Å². The van der Waals surface area contributed by atoms with E-state index in [4.69, 9.17) is 5.73 Å². The maximum Gasteiger partial charge on any atom is 0.227 e. The van der Waals surface area contributed by atoms with E-state index in [9.17, 15) is 4.79 Å². The average Bonchev–Trinajstić information content (AvgIpc) is 3.14. The van der Waals surface area contributed by atoms with Crippen molar-refractivity contribution < 1.29 is 4.79 Å². The Hall–Kier alpha value is -1.35. The second kappa shape index (κ2) is 6.20. The summed E-state index contributed by atoms with van der Waals surface area (Å²) in [7, 11) is 0. The molecular weight excluding hydrogens is 236 g/mol.